The van der Waals surface area contributed by atoms with Gasteiger partial charge < -0.3 is 14.6 Å². The first kappa shape index (κ1) is 47.9. The van der Waals surface area contributed by atoms with Crippen LogP contribution in [-0.2, 0) is 14.3 Å². The van der Waals surface area contributed by atoms with Crippen molar-refractivity contribution in [2.45, 2.75) is 238 Å². The van der Waals surface area contributed by atoms with E-state index < -0.39 is 6.10 Å². The Hall–Kier alpha value is -1.13. The highest BCUT2D eigenvalue weighted by Crippen LogP contribution is 2.14. The topological polar surface area (TPSA) is 55.8 Å². The molecule has 0 saturated carbocycles. The molecule has 1 atom stereocenters. The van der Waals surface area contributed by atoms with E-state index in [2.05, 4.69) is 38.2 Å². The van der Waals surface area contributed by atoms with Gasteiger partial charge in [0.05, 0.1) is 13.2 Å². The van der Waals surface area contributed by atoms with Crippen molar-refractivity contribution < 1.29 is 19.4 Å². The van der Waals surface area contributed by atoms with Gasteiger partial charge in [0.25, 0.3) is 0 Å². The van der Waals surface area contributed by atoms with Crippen molar-refractivity contribution in [3.8, 4) is 0 Å². The molecule has 0 radical (unpaired) electrons. The maximum Gasteiger partial charge on any atom is 0.306 e. The minimum Gasteiger partial charge on any atom is -0.457 e. The van der Waals surface area contributed by atoms with Crippen molar-refractivity contribution in [1.82, 2.24) is 0 Å². The molecule has 1 unspecified atom stereocenters. The molecule has 0 aromatic rings. The average Bonchev–Trinajstić information content (AvgIpc) is 3.11. The number of rotatable bonds is 41. The third-order valence-electron chi connectivity index (χ3n) is 9.75. The summed E-state index contributed by atoms with van der Waals surface area (Å²) in [7, 11) is 0. The van der Waals surface area contributed by atoms with Crippen molar-refractivity contribution in [2.75, 3.05) is 19.8 Å². The second-order valence-corrected chi connectivity index (χ2v) is 14.8. The molecule has 0 fully saturated rings. The van der Waals surface area contributed by atoms with Crippen LogP contribution in [0.25, 0.3) is 0 Å². The highest BCUT2D eigenvalue weighted by atomic mass is 16.6. The standard InChI is InChI=1S/C45H86O4/c1-3-5-7-9-11-13-15-17-19-21-23-24-26-28-30-32-34-36-38-40-45(47)49-44(42-46)43-48-41-39-37-35-33-31-29-27-25-22-20-18-16-14-12-10-8-6-4-2/h17-20,44,46H,3-16,21-43H2,1-2H3/b19-17-,20-18-. The van der Waals surface area contributed by atoms with E-state index >= 15 is 0 Å². The molecule has 290 valence electrons. The van der Waals surface area contributed by atoms with Crippen LogP contribution in [0.5, 0.6) is 0 Å². The maximum atomic E-state index is 12.2. The zero-order valence-corrected chi connectivity index (χ0v) is 33.2. The van der Waals surface area contributed by atoms with Gasteiger partial charge in [-0.1, -0.05) is 186 Å². The Morgan fingerprint density at radius 1 is 0.469 bits per heavy atom. The van der Waals surface area contributed by atoms with Crippen LogP contribution in [0, 0.1) is 0 Å². The molecule has 0 spiro atoms. The summed E-state index contributed by atoms with van der Waals surface area (Å²) in [6, 6.07) is 0. The fourth-order valence-corrected chi connectivity index (χ4v) is 6.44. The van der Waals surface area contributed by atoms with E-state index in [4.69, 9.17) is 9.47 Å². The van der Waals surface area contributed by atoms with Gasteiger partial charge in [0.15, 0.2) is 0 Å². The summed E-state index contributed by atoms with van der Waals surface area (Å²) >= 11 is 0. The monoisotopic (exact) mass is 691 g/mol. The molecule has 49 heavy (non-hydrogen) atoms. The molecule has 0 rings (SSSR count). The molecule has 4 nitrogen and oxygen atoms in total. The van der Waals surface area contributed by atoms with Crippen molar-refractivity contribution in [3.05, 3.63) is 24.3 Å². The predicted molar refractivity (Wildman–Crippen MR) is 214 cm³/mol. The molecule has 0 aliphatic carbocycles. The van der Waals surface area contributed by atoms with Crippen LogP contribution in [0.3, 0.4) is 0 Å². The minimum absolute atomic E-state index is 0.170. The van der Waals surface area contributed by atoms with Crippen molar-refractivity contribution in [2.24, 2.45) is 0 Å². The smallest absolute Gasteiger partial charge is 0.306 e. The molecule has 1 N–H and O–H groups in total. The van der Waals surface area contributed by atoms with Crippen molar-refractivity contribution in [1.29, 1.82) is 0 Å². The molecule has 0 amide bonds. The number of carbonyl (C=O) groups is 1. The Bertz CT molecular complexity index is 688. The summed E-state index contributed by atoms with van der Waals surface area (Å²) in [5.74, 6) is -0.201. The summed E-state index contributed by atoms with van der Waals surface area (Å²) in [5, 5.41) is 9.60. The predicted octanol–water partition coefficient (Wildman–Crippen LogP) is 14.3. The summed E-state index contributed by atoms with van der Waals surface area (Å²) in [6.45, 7) is 5.36. The van der Waals surface area contributed by atoms with Crippen LogP contribution in [0.1, 0.15) is 232 Å². The molecule has 0 aromatic heterocycles. The van der Waals surface area contributed by atoms with Crippen LogP contribution in [0.4, 0.5) is 0 Å². The number of aliphatic hydroxyl groups excluding tert-OH is 1. The number of unbranched alkanes of at least 4 members (excludes halogenated alkanes) is 29. The van der Waals surface area contributed by atoms with Crippen LogP contribution >= 0.6 is 0 Å². The lowest BCUT2D eigenvalue weighted by Gasteiger charge is -2.16. The lowest BCUT2D eigenvalue weighted by Crippen LogP contribution is -2.27. The van der Waals surface area contributed by atoms with Crippen molar-refractivity contribution >= 4 is 5.97 Å². The van der Waals surface area contributed by atoms with Gasteiger partial charge in [0, 0.05) is 13.0 Å². The first-order valence-corrected chi connectivity index (χ1v) is 21.9. The van der Waals surface area contributed by atoms with E-state index in [1.165, 1.54) is 193 Å². The number of hydrogen-bond donors (Lipinski definition) is 1. The number of ether oxygens (including phenoxy) is 2. The molecule has 0 saturated heterocycles. The lowest BCUT2D eigenvalue weighted by molar-refractivity contribution is -0.154. The van der Waals surface area contributed by atoms with Gasteiger partial charge in [-0.25, -0.2) is 0 Å². The fraction of sp³-hybridized carbons (Fsp3) is 0.889. The third-order valence-corrected chi connectivity index (χ3v) is 9.75. The Balaban J connectivity index is 3.40. The van der Waals surface area contributed by atoms with Gasteiger partial charge in [0.1, 0.15) is 6.10 Å². The van der Waals surface area contributed by atoms with Gasteiger partial charge in [-0.2, -0.15) is 0 Å². The van der Waals surface area contributed by atoms with Crippen LogP contribution in [0.2, 0.25) is 0 Å². The van der Waals surface area contributed by atoms with Crippen LogP contribution in [0.15, 0.2) is 24.3 Å². The Morgan fingerprint density at radius 2 is 0.796 bits per heavy atom. The fourth-order valence-electron chi connectivity index (χ4n) is 6.44. The van der Waals surface area contributed by atoms with Gasteiger partial charge in [-0.3, -0.25) is 4.79 Å². The molecule has 0 heterocycles. The Labute approximate surface area is 307 Å². The van der Waals surface area contributed by atoms with Gasteiger partial charge in [-0.15, -0.1) is 0 Å². The van der Waals surface area contributed by atoms with Crippen LogP contribution in [-0.4, -0.2) is 37.0 Å². The minimum atomic E-state index is -0.534. The Morgan fingerprint density at radius 3 is 1.16 bits per heavy atom. The lowest BCUT2D eigenvalue weighted by atomic mass is 10.1. The Kier molecular flexibility index (Phi) is 42.0. The van der Waals surface area contributed by atoms with E-state index in [0.717, 1.165) is 19.3 Å². The van der Waals surface area contributed by atoms with Crippen LogP contribution < -0.4 is 0 Å². The van der Waals surface area contributed by atoms with E-state index in [1.807, 2.05) is 0 Å². The van der Waals surface area contributed by atoms with Gasteiger partial charge >= 0.3 is 5.97 Å². The number of esters is 1. The molecule has 0 bridgehead atoms. The molecule has 0 aliphatic rings. The quantitative estimate of drug-likeness (QED) is 0.0394. The average molecular weight is 691 g/mol. The van der Waals surface area contributed by atoms with E-state index in [0.29, 0.717) is 19.6 Å². The van der Waals surface area contributed by atoms with E-state index in [-0.39, 0.29) is 12.6 Å². The zero-order valence-electron chi connectivity index (χ0n) is 33.2. The number of carbonyl (C=O) groups excluding carboxylic acids is 1. The molecule has 4 heteroatoms. The molecule has 0 aliphatic heterocycles. The first-order chi connectivity index (χ1) is 24.2. The van der Waals surface area contributed by atoms with E-state index in [9.17, 15) is 9.90 Å². The third kappa shape index (κ3) is 41.2. The second-order valence-electron chi connectivity index (χ2n) is 14.8. The summed E-state index contributed by atoms with van der Waals surface area (Å²) < 4.78 is 11.2. The number of hydrogen-bond acceptors (Lipinski definition) is 4. The molecule has 0 aromatic carbocycles. The SMILES string of the molecule is CCCCCCCC/C=C\CCCCCCCCCCCC(=O)OC(CO)COCCCCCCCCCC/C=C\CCCCCCCC. The summed E-state index contributed by atoms with van der Waals surface area (Å²) in [4.78, 5) is 12.2. The largest absolute Gasteiger partial charge is 0.457 e. The highest BCUT2D eigenvalue weighted by molar-refractivity contribution is 5.69. The van der Waals surface area contributed by atoms with E-state index in [1.54, 1.807) is 0 Å². The highest BCUT2D eigenvalue weighted by Gasteiger charge is 2.13. The zero-order chi connectivity index (χ0) is 35.6. The normalized spacial score (nSPS) is 12.5. The van der Waals surface area contributed by atoms with Gasteiger partial charge in [-0.05, 0) is 64.2 Å². The number of allylic oxidation sites excluding steroid dienone is 4. The number of aliphatic hydroxyl groups is 1. The molecular weight excluding hydrogens is 604 g/mol. The van der Waals surface area contributed by atoms with Crippen molar-refractivity contribution in [3.63, 3.8) is 0 Å². The summed E-state index contributed by atoms with van der Waals surface area (Å²) in [6.07, 6.45) is 52.4. The van der Waals surface area contributed by atoms with Gasteiger partial charge in [0.2, 0.25) is 0 Å². The molecular formula is C45H86O4. The summed E-state index contributed by atoms with van der Waals surface area (Å²) in [5.41, 5.74) is 0. The maximum absolute atomic E-state index is 12.2. The second kappa shape index (κ2) is 43.0. The first-order valence-electron chi connectivity index (χ1n) is 21.9.